The van der Waals surface area contributed by atoms with Crippen LogP contribution >= 0.6 is 39.1 Å². The number of methoxy groups -OCH3 is 1. The van der Waals surface area contributed by atoms with Crippen LogP contribution in [0.5, 0.6) is 11.5 Å². The minimum absolute atomic E-state index is 0.378. The van der Waals surface area contributed by atoms with Crippen LogP contribution in [0, 0.1) is 0 Å². The van der Waals surface area contributed by atoms with E-state index in [1.807, 2.05) is 24.3 Å². The van der Waals surface area contributed by atoms with Crippen LogP contribution in [-0.4, -0.2) is 38.2 Å². The van der Waals surface area contributed by atoms with Gasteiger partial charge in [-0.1, -0.05) is 59.0 Å². The zero-order chi connectivity index (χ0) is 21.2. The summed E-state index contributed by atoms with van der Waals surface area (Å²) in [6.07, 6.45) is 1.13. The van der Waals surface area contributed by atoms with E-state index < -0.39 is 0 Å². The minimum atomic E-state index is 0.378. The molecule has 0 saturated carbocycles. The average molecular weight is 504 g/mol. The second-order valence-electron chi connectivity index (χ2n) is 6.69. The number of nitrogens with zero attached hydrogens (tertiary/aromatic N) is 1. The summed E-state index contributed by atoms with van der Waals surface area (Å²) in [4.78, 5) is 2.43. The fourth-order valence-electron chi connectivity index (χ4n) is 2.97. The number of hydrogen-bond donors (Lipinski definition) is 1. The Labute approximate surface area is 192 Å². The molecule has 2 rings (SSSR count). The molecule has 0 aliphatic carbocycles. The van der Waals surface area contributed by atoms with E-state index in [9.17, 15) is 0 Å². The molecule has 0 spiro atoms. The molecule has 29 heavy (non-hydrogen) atoms. The van der Waals surface area contributed by atoms with E-state index in [0.717, 1.165) is 54.7 Å². The second kappa shape index (κ2) is 12.7. The molecule has 0 aliphatic heterocycles. The molecule has 0 radical (unpaired) electrons. The fraction of sp³-hybridized carbons (Fsp3) is 0.455. The molecule has 1 N–H and O–H groups in total. The van der Waals surface area contributed by atoms with Crippen molar-refractivity contribution in [1.29, 1.82) is 0 Å². The minimum Gasteiger partial charge on any atom is -0.493 e. The molecule has 160 valence electrons. The standard InChI is InChI=1S/C22H29BrCl2N2O2/c1-4-27(5-2)10-6-9-26-14-17-12-21(28-3)22(13-18(17)23)29-15-16-7-8-19(24)20(25)11-16/h7-8,11-13,26H,4-6,9-10,14-15H2,1-3H3. The number of hydrogen-bond acceptors (Lipinski definition) is 4. The maximum atomic E-state index is 6.08. The Morgan fingerprint density at radius 1 is 1.03 bits per heavy atom. The van der Waals surface area contributed by atoms with Gasteiger partial charge in [0, 0.05) is 11.0 Å². The molecule has 0 bridgehead atoms. The molecule has 0 amide bonds. The zero-order valence-corrected chi connectivity index (χ0v) is 20.3. The first kappa shape index (κ1) is 24.3. The van der Waals surface area contributed by atoms with Crippen LogP contribution in [0.1, 0.15) is 31.4 Å². The first-order valence-corrected chi connectivity index (χ1v) is 11.4. The van der Waals surface area contributed by atoms with E-state index in [1.54, 1.807) is 13.2 Å². The van der Waals surface area contributed by atoms with Gasteiger partial charge in [-0.3, -0.25) is 0 Å². The number of nitrogens with one attached hydrogen (secondary N) is 1. The number of ether oxygens (including phenoxy) is 2. The van der Waals surface area contributed by atoms with Crippen LogP contribution in [0.15, 0.2) is 34.8 Å². The van der Waals surface area contributed by atoms with Gasteiger partial charge >= 0.3 is 0 Å². The van der Waals surface area contributed by atoms with E-state index in [2.05, 4.69) is 40.0 Å². The lowest BCUT2D eigenvalue weighted by Crippen LogP contribution is -2.27. The molecule has 0 atom stereocenters. The highest BCUT2D eigenvalue weighted by molar-refractivity contribution is 9.10. The van der Waals surface area contributed by atoms with Crippen molar-refractivity contribution in [1.82, 2.24) is 10.2 Å². The van der Waals surface area contributed by atoms with Gasteiger partial charge in [0.15, 0.2) is 11.5 Å². The van der Waals surface area contributed by atoms with Crippen molar-refractivity contribution in [2.75, 3.05) is 33.3 Å². The van der Waals surface area contributed by atoms with Gasteiger partial charge in [0.1, 0.15) is 6.61 Å². The van der Waals surface area contributed by atoms with Crippen LogP contribution < -0.4 is 14.8 Å². The first-order valence-electron chi connectivity index (χ1n) is 9.84. The SMILES string of the molecule is CCN(CC)CCCNCc1cc(OC)c(OCc2ccc(Cl)c(Cl)c2)cc1Br. The van der Waals surface area contributed by atoms with Crippen LogP contribution in [-0.2, 0) is 13.2 Å². The third-order valence-electron chi connectivity index (χ3n) is 4.75. The van der Waals surface area contributed by atoms with E-state index in [0.29, 0.717) is 28.2 Å². The van der Waals surface area contributed by atoms with E-state index in [4.69, 9.17) is 32.7 Å². The molecule has 0 fully saturated rings. The van der Waals surface area contributed by atoms with Crippen LogP contribution in [0.3, 0.4) is 0 Å². The summed E-state index contributed by atoms with van der Waals surface area (Å²) in [6, 6.07) is 9.42. The predicted molar refractivity (Wildman–Crippen MR) is 126 cm³/mol. The normalized spacial score (nSPS) is 11.1. The van der Waals surface area contributed by atoms with Crippen molar-refractivity contribution in [3.8, 4) is 11.5 Å². The summed E-state index contributed by atoms with van der Waals surface area (Å²) in [5.41, 5.74) is 2.07. The van der Waals surface area contributed by atoms with Gasteiger partial charge in [-0.05, 0) is 68.0 Å². The van der Waals surface area contributed by atoms with E-state index >= 15 is 0 Å². The quantitative estimate of drug-likeness (QED) is 0.351. The molecule has 2 aromatic carbocycles. The Bertz CT molecular complexity index is 786. The monoisotopic (exact) mass is 502 g/mol. The average Bonchev–Trinajstić information content (AvgIpc) is 2.72. The molecule has 2 aromatic rings. The van der Waals surface area contributed by atoms with Gasteiger partial charge in [-0.2, -0.15) is 0 Å². The Balaban J connectivity index is 1.93. The van der Waals surface area contributed by atoms with Crippen molar-refractivity contribution in [2.45, 2.75) is 33.4 Å². The summed E-state index contributed by atoms with van der Waals surface area (Å²) < 4.78 is 12.5. The van der Waals surface area contributed by atoms with Gasteiger partial charge in [0.05, 0.1) is 17.2 Å². The van der Waals surface area contributed by atoms with Crippen LogP contribution in [0.2, 0.25) is 10.0 Å². The Morgan fingerprint density at radius 2 is 1.79 bits per heavy atom. The lowest BCUT2D eigenvalue weighted by atomic mass is 10.2. The molecule has 4 nitrogen and oxygen atoms in total. The van der Waals surface area contributed by atoms with Crippen LogP contribution in [0.25, 0.3) is 0 Å². The number of rotatable bonds is 12. The summed E-state index contributed by atoms with van der Waals surface area (Å²) in [6.45, 7) is 9.83. The smallest absolute Gasteiger partial charge is 0.162 e. The topological polar surface area (TPSA) is 33.7 Å². The highest BCUT2D eigenvalue weighted by atomic mass is 79.9. The fourth-order valence-corrected chi connectivity index (χ4v) is 3.75. The Hall–Kier alpha value is -0.980. The number of benzene rings is 2. The second-order valence-corrected chi connectivity index (χ2v) is 8.36. The molecule has 7 heteroatoms. The summed E-state index contributed by atoms with van der Waals surface area (Å²) in [5.74, 6) is 1.38. The maximum absolute atomic E-state index is 6.08. The Morgan fingerprint density at radius 3 is 2.45 bits per heavy atom. The van der Waals surface area contributed by atoms with E-state index in [-0.39, 0.29) is 0 Å². The number of halogens is 3. The van der Waals surface area contributed by atoms with Gasteiger partial charge in [0.2, 0.25) is 0 Å². The molecular weight excluding hydrogens is 475 g/mol. The summed E-state index contributed by atoms with van der Waals surface area (Å²) in [7, 11) is 1.65. The molecule has 0 heterocycles. The van der Waals surface area contributed by atoms with Crippen molar-refractivity contribution in [3.63, 3.8) is 0 Å². The van der Waals surface area contributed by atoms with Crippen molar-refractivity contribution >= 4 is 39.1 Å². The molecule has 0 saturated heterocycles. The van der Waals surface area contributed by atoms with Gasteiger partial charge < -0.3 is 19.7 Å². The zero-order valence-electron chi connectivity index (χ0n) is 17.2. The van der Waals surface area contributed by atoms with Crippen molar-refractivity contribution < 1.29 is 9.47 Å². The van der Waals surface area contributed by atoms with Gasteiger partial charge in [-0.25, -0.2) is 0 Å². The maximum Gasteiger partial charge on any atom is 0.162 e. The molecule has 0 unspecified atom stereocenters. The highest BCUT2D eigenvalue weighted by Gasteiger charge is 2.11. The third-order valence-corrected chi connectivity index (χ3v) is 6.23. The summed E-state index contributed by atoms with van der Waals surface area (Å²) >= 11 is 15.7. The van der Waals surface area contributed by atoms with Crippen molar-refractivity contribution in [3.05, 3.63) is 56.0 Å². The van der Waals surface area contributed by atoms with Crippen molar-refractivity contribution in [2.24, 2.45) is 0 Å². The van der Waals surface area contributed by atoms with Gasteiger partial charge in [0.25, 0.3) is 0 Å². The van der Waals surface area contributed by atoms with Gasteiger partial charge in [-0.15, -0.1) is 0 Å². The molecule has 0 aliphatic rings. The molecule has 0 aromatic heterocycles. The Kier molecular flexibility index (Phi) is 10.6. The lowest BCUT2D eigenvalue weighted by molar-refractivity contribution is 0.284. The lowest BCUT2D eigenvalue weighted by Gasteiger charge is -2.18. The van der Waals surface area contributed by atoms with E-state index in [1.165, 1.54) is 0 Å². The third kappa shape index (κ3) is 7.65. The first-order chi connectivity index (χ1) is 14.0. The van der Waals surface area contributed by atoms with Crippen LogP contribution in [0.4, 0.5) is 0 Å². The molecular formula is C22H29BrCl2N2O2. The highest BCUT2D eigenvalue weighted by Crippen LogP contribution is 2.34. The summed E-state index contributed by atoms with van der Waals surface area (Å²) in [5, 5.41) is 4.56. The predicted octanol–water partition coefficient (Wildman–Crippen LogP) is 6.17. The largest absolute Gasteiger partial charge is 0.493 e.